The molecule has 0 heterocycles. The Kier molecular flexibility index (Phi) is 6.21. The van der Waals surface area contributed by atoms with Crippen LogP contribution in [0, 0.1) is 11.3 Å². The van der Waals surface area contributed by atoms with Gasteiger partial charge in [-0.2, -0.15) is 5.26 Å². The van der Waals surface area contributed by atoms with Crippen molar-refractivity contribution in [2.75, 3.05) is 0 Å². The Hall–Kier alpha value is -2.77. The summed E-state index contributed by atoms with van der Waals surface area (Å²) in [6.07, 6.45) is 2.65. The highest BCUT2D eigenvalue weighted by Gasteiger charge is 2.08. The number of hydrogen-bond donors (Lipinski definition) is 1. The maximum atomic E-state index is 10.9. The number of carbonyl (C=O) groups is 1. The van der Waals surface area contributed by atoms with Crippen molar-refractivity contribution in [2.24, 2.45) is 0 Å². The Morgan fingerprint density at radius 1 is 1.28 bits per heavy atom. The summed E-state index contributed by atoms with van der Waals surface area (Å²) >= 11 is 6.26. The molecule has 0 aliphatic rings. The molecule has 0 spiro atoms. The Balaban J connectivity index is 2.29. The molecule has 2 aromatic rings. The summed E-state index contributed by atoms with van der Waals surface area (Å²) in [6.45, 7) is 4.00. The second-order valence-electron chi connectivity index (χ2n) is 5.58. The van der Waals surface area contributed by atoms with E-state index in [1.807, 2.05) is 19.9 Å². The van der Waals surface area contributed by atoms with Crippen LogP contribution in [-0.4, -0.2) is 17.2 Å². The standard InChI is InChI=1S/C20H18ClNO3/c1-3-13(2)25-19-9-4-14(11-18(19)21)10-17(12-22)15-5-7-16(8-6-15)20(23)24/h4-11,13H,3H2,1-2H3,(H,23,24)/b17-10-/t13-/m1/s1. The van der Waals surface area contributed by atoms with Crippen LogP contribution in [0.4, 0.5) is 0 Å². The quantitative estimate of drug-likeness (QED) is 0.565. The van der Waals surface area contributed by atoms with Crippen LogP contribution in [0.3, 0.4) is 0 Å². The van der Waals surface area contributed by atoms with Gasteiger partial charge in [0.1, 0.15) is 5.75 Å². The normalized spacial score (nSPS) is 12.3. The molecule has 25 heavy (non-hydrogen) atoms. The number of ether oxygens (including phenoxy) is 1. The van der Waals surface area contributed by atoms with Gasteiger partial charge in [-0.3, -0.25) is 0 Å². The smallest absolute Gasteiger partial charge is 0.335 e. The number of rotatable bonds is 6. The van der Waals surface area contributed by atoms with Crippen molar-refractivity contribution < 1.29 is 14.6 Å². The molecule has 0 amide bonds. The van der Waals surface area contributed by atoms with Gasteiger partial charge in [0.2, 0.25) is 0 Å². The summed E-state index contributed by atoms with van der Waals surface area (Å²) < 4.78 is 5.73. The average Bonchev–Trinajstić information content (AvgIpc) is 2.61. The van der Waals surface area contributed by atoms with Crippen LogP contribution >= 0.6 is 11.6 Å². The van der Waals surface area contributed by atoms with E-state index in [1.54, 1.807) is 30.3 Å². The number of aromatic carboxylic acids is 1. The van der Waals surface area contributed by atoms with Gasteiger partial charge in [0, 0.05) is 0 Å². The minimum absolute atomic E-state index is 0.0707. The molecule has 0 saturated carbocycles. The van der Waals surface area contributed by atoms with Crippen LogP contribution in [0.15, 0.2) is 42.5 Å². The maximum Gasteiger partial charge on any atom is 0.335 e. The highest BCUT2D eigenvalue weighted by Crippen LogP contribution is 2.28. The maximum absolute atomic E-state index is 10.9. The van der Waals surface area contributed by atoms with Crippen molar-refractivity contribution in [3.05, 3.63) is 64.2 Å². The van der Waals surface area contributed by atoms with Crippen LogP contribution in [0.2, 0.25) is 5.02 Å². The van der Waals surface area contributed by atoms with E-state index >= 15 is 0 Å². The van der Waals surface area contributed by atoms with Gasteiger partial charge >= 0.3 is 5.97 Å². The molecule has 1 atom stereocenters. The van der Waals surface area contributed by atoms with E-state index in [9.17, 15) is 10.1 Å². The molecule has 128 valence electrons. The highest BCUT2D eigenvalue weighted by molar-refractivity contribution is 6.32. The zero-order valence-corrected chi connectivity index (χ0v) is 14.7. The minimum atomic E-state index is -1.00. The molecule has 4 nitrogen and oxygen atoms in total. The highest BCUT2D eigenvalue weighted by atomic mass is 35.5. The molecule has 1 N–H and O–H groups in total. The SMILES string of the molecule is CC[C@@H](C)Oc1ccc(/C=C(/C#N)c2ccc(C(=O)O)cc2)cc1Cl. The van der Waals surface area contributed by atoms with Crippen molar-refractivity contribution in [1.29, 1.82) is 5.26 Å². The number of hydrogen-bond acceptors (Lipinski definition) is 3. The molecule has 0 aliphatic carbocycles. The third-order valence-electron chi connectivity index (χ3n) is 3.73. The van der Waals surface area contributed by atoms with Crippen LogP contribution < -0.4 is 4.74 Å². The lowest BCUT2D eigenvalue weighted by Crippen LogP contribution is -2.09. The van der Waals surface area contributed by atoms with Gasteiger partial charge in [0.25, 0.3) is 0 Å². The topological polar surface area (TPSA) is 70.3 Å². The van der Waals surface area contributed by atoms with Crippen molar-refractivity contribution in [2.45, 2.75) is 26.4 Å². The fourth-order valence-electron chi connectivity index (χ4n) is 2.14. The summed E-state index contributed by atoms with van der Waals surface area (Å²) in [5, 5.41) is 18.8. The van der Waals surface area contributed by atoms with E-state index in [-0.39, 0.29) is 11.7 Å². The van der Waals surface area contributed by atoms with E-state index in [2.05, 4.69) is 6.07 Å². The molecule has 2 rings (SSSR count). The van der Waals surface area contributed by atoms with E-state index < -0.39 is 5.97 Å². The van der Waals surface area contributed by atoms with Crippen molar-refractivity contribution in [3.8, 4) is 11.8 Å². The Labute approximate surface area is 151 Å². The number of nitriles is 1. The predicted octanol–water partition coefficient (Wildman–Crippen LogP) is 5.28. The molecule has 0 fully saturated rings. The molecular weight excluding hydrogens is 338 g/mol. The minimum Gasteiger partial charge on any atom is -0.489 e. The van der Waals surface area contributed by atoms with Crippen molar-refractivity contribution >= 4 is 29.2 Å². The van der Waals surface area contributed by atoms with E-state index in [0.717, 1.165) is 12.0 Å². The van der Waals surface area contributed by atoms with Crippen molar-refractivity contribution in [1.82, 2.24) is 0 Å². The van der Waals surface area contributed by atoms with Crippen LogP contribution in [0.5, 0.6) is 5.75 Å². The van der Waals surface area contributed by atoms with Gasteiger partial charge in [0.05, 0.1) is 28.3 Å². The van der Waals surface area contributed by atoms with Gasteiger partial charge < -0.3 is 9.84 Å². The fraction of sp³-hybridized carbons (Fsp3) is 0.200. The number of carboxylic acids is 1. The third-order valence-corrected chi connectivity index (χ3v) is 4.03. The van der Waals surface area contributed by atoms with Gasteiger partial charge in [-0.25, -0.2) is 4.79 Å². The zero-order chi connectivity index (χ0) is 18.4. The number of nitrogens with zero attached hydrogens (tertiary/aromatic N) is 1. The first-order chi connectivity index (χ1) is 11.9. The molecule has 0 aliphatic heterocycles. The Morgan fingerprint density at radius 2 is 1.92 bits per heavy atom. The van der Waals surface area contributed by atoms with Gasteiger partial charge in [0.15, 0.2) is 0 Å². The van der Waals surface area contributed by atoms with Gasteiger partial charge in [-0.05, 0) is 54.8 Å². The molecule has 0 bridgehead atoms. The molecule has 0 unspecified atom stereocenters. The lowest BCUT2D eigenvalue weighted by molar-refractivity contribution is 0.0697. The number of allylic oxidation sites excluding steroid dienone is 1. The summed E-state index contributed by atoms with van der Waals surface area (Å²) in [7, 11) is 0. The molecular formula is C20H18ClNO3. The molecule has 0 aromatic heterocycles. The molecule has 0 radical (unpaired) electrons. The van der Waals surface area contributed by atoms with E-state index in [0.29, 0.717) is 21.9 Å². The number of halogens is 1. The molecule has 5 heteroatoms. The van der Waals surface area contributed by atoms with Crippen LogP contribution in [0.1, 0.15) is 41.8 Å². The van der Waals surface area contributed by atoms with Crippen molar-refractivity contribution in [3.63, 3.8) is 0 Å². The summed E-state index contributed by atoms with van der Waals surface area (Å²) in [5.41, 5.74) is 2.00. The molecule has 2 aromatic carbocycles. The first-order valence-electron chi connectivity index (χ1n) is 7.86. The van der Waals surface area contributed by atoms with E-state index in [1.165, 1.54) is 12.1 Å². The third kappa shape index (κ3) is 4.85. The van der Waals surface area contributed by atoms with Crippen LogP contribution in [-0.2, 0) is 0 Å². The largest absolute Gasteiger partial charge is 0.489 e. The fourth-order valence-corrected chi connectivity index (χ4v) is 2.38. The first kappa shape index (κ1) is 18.6. The Morgan fingerprint density at radius 3 is 2.44 bits per heavy atom. The van der Waals surface area contributed by atoms with Gasteiger partial charge in [-0.15, -0.1) is 0 Å². The first-order valence-corrected chi connectivity index (χ1v) is 8.24. The van der Waals surface area contributed by atoms with Crippen LogP contribution in [0.25, 0.3) is 11.6 Å². The summed E-state index contributed by atoms with van der Waals surface area (Å²) in [5.74, 6) is -0.393. The monoisotopic (exact) mass is 355 g/mol. The summed E-state index contributed by atoms with van der Waals surface area (Å²) in [4.78, 5) is 10.9. The van der Waals surface area contributed by atoms with Gasteiger partial charge in [-0.1, -0.05) is 36.7 Å². The predicted molar refractivity (Wildman–Crippen MR) is 98.7 cm³/mol. The van der Waals surface area contributed by atoms with E-state index in [4.69, 9.17) is 21.4 Å². The second kappa shape index (κ2) is 8.36. The Bertz CT molecular complexity index is 835. The molecule has 0 saturated heterocycles. The lowest BCUT2D eigenvalue weighted by atomic mass is 10.0. The average molecular weight is 356 g/mol. The zero-order valence-electron chi connectivity index (χ0n) is 14.0. The summed E-state index contributed by atoms with van der Waals surface area (Å²) in [6, 6.07) is 13.6. The number of carboxylic acid groups (broad SMARTS) is 1. The lowest BCUT2D eigenvalue weighted by Gasteiger charge is -2.14. The number of benzene rings is 2. The second-order valence-corrected chi connectivity index (χ2v) is 5.99.